The van der Waals surface area contributed by atoms with Gasteiger partial charge in [0.1, 0.15) is 5.75 Å². The number of para-hydroxylation sites is 1. The van der Waals surface area contributed by atoms with Crippen molar-refractivity contribution < 1.29 is 9.53 Å². The van der Waals surface area contributed by atoms with Gasteiger partial charge in [0.05, 0.1) is 0 Å². The van der Waals surface area contributed by atoms with E-state index in [-0.39, 0.29) is 0 Å². The van der Waals surface area contributed by atoms with E-state index in [1.165, 1.54) is 5.56 Å². The van der Waals surface area contributed by atoms with Crippen molar-refractivity contribution in [3.05, 3.63) is 126 Å². The standard InChI is InChI=1S/C28H22ClNO2/c1-2-28(31)32-27-18-12-23(13-19-27)22-10-16-26(17-11-22)30(25-6-4-3-5-7-25)20-21-8-14-24(29)15-9-21/h2-19H,1,20H2. The van der Waals surface area contributed by atoms with Crippen molar-refractivity contribution in [2.24, 2.45) is 0 Å². The van der Waals surface area contributed by atoms with Gasteiger partial charge in [0, 0.05) is 29.0 Å². The molecule has 4 aromatic carbocycles. The predicted molar refractivity (Wildman–Crippen MR) is 131 cm³/mol. The largest absolute Gasteiger partial charge is 0.423 e. The lowest BCUT2D eigenvalue weighted by Crippen LogP contribution is -2.16. The van der Waals surface area contributed by atoms with Crippen molar-refractivity contribution >= 4 is 28.9 Å². The fraction of sp³-hybridized carbons (Fsp3) is 0.0357. The molecule has 0 bridgehead atoms. The number of benzene rings is 4. The first-order valence-corrected chi connectivity index (χ1v) is 10.6. The Morgan fingerprint density at radius 2 is 1.34 bits per heavy atom. The number of hydrogen-bond acceptors (Lipinski definition) is 3. The molecule has 0 aromatic heterocycles. The van der Waals surface area contributed by atoms with Crippen LogP contribution in [0.4, 0.5) is 11.4 Å². The summed E-state index contributed by atoms with van der Waals surface area (Å²) in [7, 11) is 0. The molecular formula is C28H22ClNO2. The number of carbonyl (C=O) groups excluding carboxylic acids is 1. The Morgan fingerprint density at radius 1 is 0.781 bits per heavy atom. The minimum atomic E-state index is -0.469. The van der Waals surface area contributed by atoms with E-state index in [0.717, 1.165) is 40.1 Å². The maximum Gasteiger partial charge on any atom is 0.335 e. The summed E-state index contributed by atoms with van der Waals surface area (Å²) in [4.78, 5) is 13.6. The predicted octanol–water partition coefficient (Wildman–Crippen LogP) is 7.44. The van der Waals surface area contributed by atoms with Crippen molar-refractivity contribution in [2.45, 2.75) is 6.54 Å². The van der Waals surface area contributed by atoms with Crippen molar-refractivity contribution in [2.75, 3.05) is 4.90 Å². The normalized spacial score (nSPS) is 10.4. The first kappa shape index (κ1) is 21.4. The van der Waals surface area contributed by atoms with Crippen LogP contribution in [0.25, 0.3) is 11.1 Å². The SMILES string of the molecule is C=CC(=O)Oc1ccc(-c2ccc(N(Cc3ccc(Cl)cc3)c3ccccc3)cc2)cc1. The molecule has 3 nitrogen and oxygen atoms in total. The summed E-state index contributed by atoms with van der Waals surface area (Å²) < 4.78 is 5.15. The van der Waals surface area contributed by atoms with Crippen LogP contribution in [0.2, 0.25) is 5.02 Å². The molecule has 4 heteroatoms. The topological polar surface area (TPSA) is 29.5 Å². The van der Waals surface area contributed by atoms with Crippen LogP contribution in [0.5, 0.6) is 5.75 Å². The summed E-state index contributed by atoms with van der Waals surface area (Å²) in [6, 6.07) is 34.1. The number of halogens is 1. The molecule has 0 spiro atoms. The Kier molecular flexibility index (Phi) is 6.69. The zero-order valence-corrected chi connectivity index (χ0v) is 18.2. The fourth-order valence-corrected chi connectivity index (χ4v) is 3.55. The number of anilines is 2. The molecule has 4 aromatic rings. The van der Waals surface area contributed by atoms with Gasteiger partial charge in [0.15, 0.2) is 0 Å². The van der Waals surface area contributed by atoms with Crippen molar-refractivity contribution in [1.29, 1.82) is 0 Å². The van der Waals surface area contributed by atoms with Gasteiger partial charge in [-0.25, -0.2) is 4.79 Å². The molecule has 158 valence electrons. The minimum absolute atomic E-state index is 0.469. The molecule has 0 radical (unpaired) electrons. The van der Waals surface area contributed by atoms with E-state index in [1.807, 2.05) is 54.6 Å². The summed E-state index contributed by atoms with van der Waals surface area (Å²) >= 11 is 6.06. The highest BCUT2D eigenvalue weighted by Gasteiger charge is 2.11. The lowest BCUT2D eigenvalue weighted by atomic mass is 10.0. The summed E-state index contributed by atoms with van der Waals surface area (Å²) in [5.41, 5.74) is 5.50. The van der Waals surface area contributed by atoms with Gasteiger partial charge in [-0.2, -0.15) is 0 Å². The van der Waals surface area contributed by atoms with E-state index in [4.69, 9.17) is 16.3 Å². The van der Waals surface area contributed by atoms with Gasteiger partial charge in [-0.15, -0.1) is 0 Å². The second-order valence-corrected chi connectivity index (χ2v) is 7.68. The fourth-order valence-electron chi connectivity index (χ4n) is 3.42. The van der Waals surface area contributed by atoms with Gasteiger partial charge in [-0.05, 0) is 65.2 Å². The molecule has 0 atom stereocenters. The van der Waals surface area contributed by atoms with Crippen molar-refractivity contribution in [3.63, 3.8) is 0 Å². The first-order valence-electron chi connectivity index (χ1n) is 10.2. The number of carbonyl (C=O) groups is 1. The Labute approximate surface area is 193 Å². The molecule has 0 unspecified atom stereocenters. The highest BCUT2D eigenvalue weighted by molar-refractivity contribution is 6.30. The van der Waals surface area contributed by atoms with Crippen LogP contribution in [-0.2, 0) is 11.3 Å². The van der Waals surface area contributed by atoms with Crippen LogP contribution in [0.1, 0.15) is 5.56 Å². The molecular weight excluding hydrogens is 418 g/mol. The van der Waals surface area contributed by atoms with E-state index < -0.39 is 5.97 Å². The molecule has 0 heterocycles. The van der Waals surface area contributed by atoms with Gasteiger partial charge in [0.2, 0.25) is 0 Å². The van der Waals surface area contributed by atoms with Crippen LogP contribution in [0.3, 0.4) is 0 Å². The molecule has 0 saturated carbocycles. The zero-order valence-electron chi connectivity index (χ0n) is 17.4. The number of hydrogen-bond donors (Lipinski definition) is 0. The van der Waals surface area contributed by atoms with Crippen molar-refractivity contribution in [3.8, 4) is 16.9 Å². The third kappa shape index (κ3) is 5.26. The second kappa shape index (κ2) is 9.99. The Morgan fingerprint density at radius 3 is 1.94 bits per heavy atom. The Balaban J connectivity index is 1.58. The molecule has 0 saturated heterocycles. The maximum absolute atomic E-state index is 11.4. The van der Waals surface area contributed by atoms with Gasteiger partial charge in [-0.1, -0.05) is 72.8 Å². The smallest absolute Gasteiger partial charge is 0.335 e. The lowest BCUT2D eigenvalue weighted by Gasteiger charge is -2.25. The Hall–Kier alpha value is -3.82. The quantitative estimate of drug-likeness (QED) is 0.170. The van der Waals surface area contributed by atoms with Crippen LogP contribution >= 0.6 is 11.6 Å². The van der Waals surface area contributed by atoms with Crippen LogP contribution in [-0.4, -0.2) is 5.97 Å². The average molecular weight is 440 g/mol. The second-order valence-electron chi connectivity index (χ2n) is 7.24. The molecule has 32 heavy (non-hydrogen) atoms. The number of ether oxygens (including phenoxy) is 1. The molecule has 0 aliphatic carbocycles. The number of esters is 1. The first-order chi connectivity index (χ1) is 15.6. The van der Waals surface area contributed by atoms with Crippen LogP contribution in [0, 0.1) is 0 Å². The molecule has 0 amide bonds. The third-order valence-corrected chi connectivity index (χ3v) is 5.33. The van der Waals surface area contributed by atoms with E-state index in [0.29, 0.717) is 5.75 Å². The van der Waals surface area contributed by atoms with Crippen LogP contribution < -0.4 is 9.64 Å². The van der Waals surface area contributed by atoms with Gasteiger partial charge in [0.25, 0.3) is 0 Å². The van der Waals surface area contributed by atoms with E-state index in [1.54, 1.807) is 12.1 Å². The summed E-state index contributed by atoms with van der Waals surface area (Å²) in [5.74, 6) is 0.0253. The molecule has 4 rings (SSSR count). The van der Waals surface area contributed by atoms with Gasteiger partial charge >= 0.3 is 5.97 Å². The molecule has 0 N–H and O–H groups in total. The summed E-state index contributed by atoms with van der Waals surface area (Å²) in [6.07, 6.45) is 1.15. The van der Waals surface area contributed by atoms with Gasteiger partial charge in [-0.3, -0.25) is 0 Å². The number of rotatable bonds is 7. The van der Waals surface area contributed by atoms with Crippen LogP contribution in [0.15, 0.2) is 116 Å². The van der Waals surface area contributed by atoms with E-state index in [9.17, 15) is 4.79 Å². The minimum Gasteiger partial charge on any atom is -0.423 e. The summed E-state index contributed by atoms with van der Waals surface area (Å²) in [6.45, 7) is 4.14. The molecule has 0 aliphatic rings. The average Bonchev–Trinajstić information content (AvgIpc) is 2.85. The molecule has 0 fully saturated rings. The van der Waals surface area contributed by atoms with Gasteiger partial charge < -0.3 is 9.64 Å². The Bertz CT molecular complexity index is 1190. The zero-order chi connectivity index (χ0) is 22.3. The summed E-state index contributed by atoms with van der Waals surface area (Å²) in [5, 5.41) is 0.731. The molecule has 0 aliphatic heterocycles. The maximum atomic E-state index is 11.4. The van der Waals surface area contributed by atoms with Crippen molar-refractivity contribution in [1.82, 2.24) is 0 Å². The lowest BCUT2D eigenvalue weighted by molar-refractivity contribution is -0.128. The highest BCUT2D eigenvalue weighted by Crippen LogP contribution is 2.30. The highest BCUT2D eigenvalue weighted by atomic mass is 35.5. The number of nitrogens with zero attached hydrogens (tertiary/aromatic N) is 1. The van der Waals surface area contributed by atoms with E-state index in [2.05, 4.69) is 47.9 Å². The third-order valence-electron chi connectivity index (χ3n) is 5.07. The monoisotopic (exact) mass is 439 g/mol. The van der Waals surface area contributed by atoms with E-state index >= 15 is 0 Å².